The highest BCUT2D eigenvalue weighted by Crippen LogP contribution is 2.33. The predicted molar refractivity (Wildman–Crippen MR) is 137 cm³/mol. The summed E-state index contributed by atoms with van der Waals surface area (Å²) in [6.07, 6.45) is 2.69. The van der Waals surface area contributed by atoms with Crippen LogP contribution in [0.15, 0.2) is 47.3 Å². The van der Waals surface area contributed by atoms with Crippen LogP contribution >= 0.6 is 0 Å². The van der Waals surface area contributed by atoms with Crippen LogP contribution in [0.3, 0.4) is 0 Å². The first-order chi connectivity index (χ1) is 17.6. The molecule has 1 saturated heterocycles. The van der Waals surface area contributed by atoms with Crippen LogP contribution in [-0.2, 0) is 21.5 Å². The average Bonchev–Trinajstić information content (AvgIpc) is 3.51. The number of carbonyl (C=O) groups excluding carboxylic acids is 1. The molecule has 1 atom stereocenters. The highest BCUT2D eigenvalue weighted by molar-refractivity contribution is 7.90. The number of aromatic nitrogens is 3. The second-order valence-electron chi connectivity index (χ2n) is 9.84. The van der Waals surface area contributed by atoms with E-state index in [1.54, 1.807) is 36.4 Å². The first-order valence-electron chi connectivity index (χ1n) is 12.2. The third-order valence-electron chi connectivity index (χ3n) is 6.86. The van der Waals surface area contributed by atoms with Gasteiger partial charge in [-0.25, -0.2) is 14.3 Å². The number of nitrogens with one attached hydrogen (secondary N) is 2. The molecule has 5 rings (SSSR count). The van der Waals surface area contributed by atoms with Crippen LogP contribution in [0, 0.1) is 17.7 Å². The van der Waals surface area contributed by atoms with Crippen LogP contribution in [0.1, 0.15) is 19.3 Å². The van der Waals surface area contributed by atoms with Gasteiger partial charge in [0.1, 0.15) is 5.82 Å². The van der Waals surface area contributed by atoms with Crippen molar-refractivity contribution in [3.8, 4) is 22.5 Å². The molecule has 2 aliphatic rings. The lowest BCUT2D eigenvalue weighted by Crippen LogP contribution is -2.31. The number of carbonyl (C=O) groups is 1. The summed E-state index contributed by atoms with van der Waals surface area (Å²) in [5.41, 5.74) is 1.27. The summed E-state index contributed by atoms with van der Waals surface area (Å²) < 4.78 is 44.6. The number of anilines is 1. The number of hydrogen-bond donors (Lipinski definition) is 2. The van der Waals surface area contributed by atoms with Crippen molar-refractivity contribution < 1.29 is 17.6 Å². The van der Waals surface area contributed by atoms with Crippen molar-refractivity contribution in [2.75, 3.05) is 31.9 Å². The standard InChI is InChI=1S/C25H29FN6O4S/c1-30(2)37(35,36)29-20-5-3-4-18(12-20)19-8-9-21(22(26)13-19)23-27-28-25(34)32(23)15-16-10-11-31(14-16)24(33)17-6-7-17/h3-5,8-9,12-13,16-17,29H,6-7,10-11,14-15H2,1-2H3,(H,28,34). The number of aromatic amines is 1. The molecule has 1 saturated carbocycles. The summed E-state index contributed by atoms with van der Waals surface area (Å²) >= 11 is 0. The Hall–Kier alpha value is -3.51. The van der Waals surface area contributed by atoms with Gasteiger partial charge in [-0.15, -0.1) is 0 Å². The number of amides is 1. The quantitative estimate of drug-likeness (QED) is 0.466. The van der Waals surface area contributed by atoms with E-state index in [-0.39, 0.29) is 29.1 Å². The van der Waals surface area contributed by atoms with Crippen molar-refractivity contribution in [3.05, 3.63) is 58.8 Å². The molecule has 2 heterocycles. The number of halogens is 1. The van der Waals surface area contributed by atoms with Crippen molar-refractivity contribution in [2.45, 2.75) is 25.8 Å². The van der Waals surface area contributed by atoms with Crippen LogP contribution in [-0.4, -0.2) is 65.5 Å². The van der Waals surface area contributed by atoms with Gasteiger partial charge in [-0.05, 0) is 60.6 Å². The van der Waals surface area contributed by atoms with Crippen LogP contribution < -0.4 is 10.4 Å². The molecule has 1 aliphatic carbocycles. The SMILES string of the molecule is CN(C)S(=O)(=O)Nc1cccc(-c2ccc(-c3n[nH]c(=O)n3CC3CCN(C(=O)C4CC4)C3)c(F)c2)c1. The van der Waals surface area contributed by atoms with E-state index in [0.29, 0.717) is 36.4 Å². The van der Waals surface area contributed by atoms with E-state index in [9.17, 15) is 18.0 Å². The first-order valence-corrected chi connectivity index (χ1v) is 13.6. The molecule has 2 fully saturated rings. The molecule has 2 aromatic carbocycles. The van der Waals surface area contributed by atoms with E-state index in [1.165, 1.54) is 24.7 Å². The second kappa shape index (κ2) is 9.75. The molecular formula is C25H29FN6O4S. The van der Waals surface area contributed by atoms with Gasteiger partial charge >= 0.3 is 15.9 Å². The number of rotatable bonds is 8. The summed E-state index contributed by atoms with van der Waals surface area (Å²) in [6, 6.07) is 11.3. The Morgan fingerprint density at radius 1 is 1.16 bits per heavy atom. The smallest absolute Gasteiger partial charge is 0.342 e. The molecule has 10 nitrogen and oxygen atoms in total. The molecule has 0 radical (unpaired) electrons. The Kier molecular flexibility index (Phi) is 6.63. The average molecular weight is 529 g/mol. The normalized spacial score (nSPS) is 17.9. The van der Waals surface area contributed by atoms with E-state index in [0.717, 1.165) is 23.6 Å². The summed E-state index contributed by atoms with van der Waals surface area (Å²) in [5.74, 6) is 0.0881. The minimum atomic E-state index is -3.68. The fraction of sp³-hybridized carbons (Fsp3) is 0.400. The van der Waals surface area contributed by atoms with Crippen molar-refractivity contribution >= 4 is 21.8 Å². The van der Waals surface area contributed by atoms with E-state index in [1.807, 2.05) is 4.90 Å². The zero-order valence-corrected chi connectivity index (χ0v) is 21.5. The molecule has 12 heteroatoms. The Morgan fingerprint density at radius 2 is 1.92 bits per heavy atom. The lowest BCUT2D eigenvalue weighted by atomic mass is 10.0. The van der Waals surface area contributed by atoms with Gasteiger partial charge in [-0.2, -0.15) is 17.8 Å². The van der Waals surface area contributed by atoms with Gasteiger partial charge in [-0.3, -0.25) is 14.1 Å². The van der Waals surface area contributed by atoms with Crippen LogP contribution in [0.4, 0.5) is 10.1 Å². The first kappa shape index (κ1) is 25.2. The fourth-order valence-electron chi connectivity index (χ4n) is 4.60. The minimum Gasteiger partial charge on any atom is -0.342 e. The zero-order chi connectivity index (χ0) is 26.3. The fourth-order valence-corrected chi connectivity index (χ4v) is 5.21. The molecule has 1 aromatic heterocycles. The highest BCUT2D eigenvalue weighted by Gasteiger charge is 2.37. The number of nitrogens with zero attached hydrogens (tertiary/aromatic N) is 4. The van der Waals surface area contributed by atoms with Gasteiger partial charge in [-0.1, -0.05) is 18.2 Å². The van der Waals surface area contributed by atoms with E-state index in [2.05, 4.69) is 14.9 Å². The van der Waals surface area contributed by atoms with Crippen LogP contribution in [0.2, 0.25) is 0 Å². The summed E-state index contributed by atoms with van der Waals surface area (Å²) in [4.78, 5) is 26.8. The molecule has 0 spiro atoms. The number of likely N-dealkylation sites (tertiary alicyclic amines) is 1. The van der Waals surface area contributed by atoms with E-state index in [4.69, 9.17) is 0 Å². The van der Waals surface area contributed by atoms with Crippen molar-refractivity contribution in [1.82, 2.24) is 24.0 Å². The Labute approximate surface area is 214 Å². The van der Waals surface area contributed by atoms with Crippen molar-refractivity contribution in [2.24, 2.45) is 11.8 Å². The predicted octanol–water partition coefficient (Wildman–Crippen LogP) is 2.52. The highest BCUT2D eigenvalue weighted by atomic mass is 32.2. The maximum atomic E-state index is 15.3. The number of benzene rings is 2. The Morgan fingerprint density at radius 3 is 2.62 bits per heavy atom. The Bertz CT molecular complexity index is 1490. The number of H-pyrrole nitrogens is 1. The van der Waals surface area contributed by atoms with E-state index < -0.39 is 21.7 Å². The molecule has 1 unspecified atom stereocenters. The summed E-state index contributed by atoms with van der Waals surface area (Å²) in [5, 5.41) is 6.50. The zero-order valence-electron chi connectivity index (χ0n) is 20.6. The molecule has 196 valence electrons. The Balaban J connectivity index is 1.36. The van der Waals surface area contributed by atoms with Gasteiger partial charge in [0.05, 0.1) is 11.3 Å². The molecule has 1 aliphatic heterocycles. The second-order valence-corrected chi connectivity index (χ2v) is 11.7. The van der Waals surface area contributed by atoms with Gasteiger partial charge in [0.25, 0.3) is 0 Å². The maximum absolute atomic E-state index is 15.3. The topological polar surface area (TPSA) is 120 Å². The van der Waals surface area contributed by atoms with Gasteiger partial charge < -0.3 is 4.90 Å². The van der Waals surface area contributed by atoms with Crippen LogP contribution in [0.5, 0.6) is 0 Å². The van der Waals surface area contributed by atoms with Crippen LogP contribution in [0.25, 0.3) is 22.5 Å². The lowest BCUT2D eigenvalue weighted by molar-refractivity contribution is -0.131. The minimum absolute atomic E-state index is 0.0905. The summed E-state index contributed by atoms with van der Waals surface area (Å²) in [7, 11) is -0.836. The summed E-state index contributed by atoms with van der Waals surface area (Å²) in [6.45, 7) is 1.60. The molecular weight excluding hydrogens is 499 g/mol. The maximum Gasteiger partial charge on any atom is 0.343 e. The third kappa shape index (κ3) is 5.30. The molecule has 0 bridgehead atoms. The lowest BCUT2D eigenvalue weighted by Gasteiger charge is -2.17. The van der Waals surface area contributed by atoms with Gasteiger partial charge in [0.15, 0.2) is 5.82 Å². The third-order valence-corrected chi connectivity index (χ3v) is 8.31. The van der Waals surface area contributed by atoms with E-state index >= 15 is 4.39 Å². The molecule has 2 N–H and O–H groups in total. The number of hydrogen-bond acceptors (Lipinski definition) is 5. The molecule has 37 heavy (non-hydrogen) atoms. The largest absolute Gasteiger partial charge is 0.343 e. The van der Waals surface area contributed by atoms with Crippen molar-refractivity contribution in [1.29, 1.82) is 0 Å². The monoisotopic (exact) mass is 528 g/mol. The molecule has 1 amide bonds. The van der Waals surface area contributed by atoms with Gasteiger partial charge in [0.2, 0.25) is 5.91 Å². The van der Waals surface area contributed by atoms with Crippen molar-refractivity contribution in [3.63, 3.8) is 0 Å². The molecule has 3 aromatic rings. The van der Waals surface area contributed by atoms with Gasteiger partial charge in [0, 0.05) is 39.6 Å².